The summed E-state index contributed by atoms with van der Waals surface area (Å²) >= 11 is 0. The molecule has 0 bridgehead atoms. The van der Waals surface area contributed by atoms with Crippen LogP contribution in [0.3, 0.4) is 0 Å². The first kappa shape index (κ1) is 22.2. The molecule has 164 valence electrons. The number of nitrogens with one attached hydrogen (secondary N) is 3. The van der Waals surface area contributed by atoms with Gasteiger partial charge in [-0.3, -0.25) is 9.52 Å². The molecule has 2 aromatic heterocycles. The summed E-state index contributed by atoms with van der Waals surface area (Å²) in [6.45, 7) is 1.63. The van der Waals surface area contributed by atoms with E-state index in [-0.39, 0.29) is 23.4 Å². The van der Waals surface area contributed by atoms with Gasteiger partial charge in [0.15, 0.2) is 5.82 Å². The number of sulfonamides is 1. The second-order valence-electron chi connectivity index (χ2n) is 6.47. The van der Waals surface area contributed by atoms with Gasteiger partial charge in [0.1, 0.15) is 17.0 Å². The standard InChI is InChI=1S/C19H18F2N4O5S/c1-3-6-31(28,29)25-14-5-4-13(20)15(16(14)21)18(26)24-10-7-11-12(19(27)30-2)9-23-17(11)22-8-10/h4-5,7-9,25H,3,6H2,1-2H3,(H,22,23)(H,24,26). The van der Waals surface area contributed by atoms with E-state index >= 15 is 0 Å². The summed E-state index contributed by atoms with van der Waals surface area (Å²) in [6.07, 6.45) is 2.88. The molecule has 3 N–H and O–H groups in total. The molecule has 0 unspecified atom stereocenters. The van der Waals surface area contributed by atoms with Crippen molar-refractivity contribution in [3.63, 3.8) is 0 Å². The van der Waals surface area contributed by atoms with Crippen LogP contribution in [0.4, 0.5) is 20.2 Å². The fourth-order valence-electron chi connectivity index (χ4n) is 2.87. The van der Waals surface area contributed by atoms with Crippen molar-refractivity contribution in [1.29, 1.82) is 0 Å². The largest absolute Gasteiger partial charge is 0.465 e. The average Bonchev–Trinajstić information content (AvgIpc) is 3.13. The van der Waals surface area contributed by atoms with Crippen LogP contribution in [0, 0.1) is 11.6 Å². The molecule has 3 rings (SSSR count). The van der Waals surface area contributed by atoms with E-state index in [1.165, 1.54) is 25.6 Å². The number of pyridine rings is 1. The van der Waals surface area contributed by atoms with Crippen molar-refractivity contribution < 1.29 is 31.5 Å². The monoisotopic (exact) mass is 452 g/mol. The van der Waals surface area contributed by atoms with Gasteiger partial charge < -0.3 is 15.0 Å². The lowest BCUT2D eigenvalue weighted by Gasteiger charge is -2.12. The van der Waals surface area contributed by atoms with E-state index in [1.54, 1.807) is 6.92 Å². The third-order valence-electron chi connectivity index (χ3n) is 4.25. The average molecular weight is 452 g/mol. The summed E-state index contributed by atoms with van der Waals surface area (Å²) in [6, 6.07) is 3.06. The Morgan fingerprint density at radius 3 is 2.68 bits per heavy atom. The first-order valence-electron chi connectivity index (χ1n) is 9.02. The van der Waals surface area contributed by atoms with Crippen LogP contribution in [0.5, 0.6) is 0 Å². The highest BCUT2D eigenvalue weighted by Crippen LogP contribution is 2.25. The van der Waals surface area contributed by atoms with E-state index in [1.807, 2.05) is 4.72 Å². The van der Waals surface area contributed by atoms with Crippen LogP contribution in [0.15, 0.2) is 30.6 Å². The van der Waals surface area contributed by atoms with Crippen LogP contribution in [0.25, 0.3) is 11.0 Å². The number of H-pyrrole nitrogens is 1. The number of carbonyl (C=O) groups excluding carboxylic acids is 2. The molecule has 0 aliphatic heterocycles. The lowest BCUT2D eigenvalue weighted by Crippen LogP contribution is -2.20. The molecule has 1 amide bonds. The van der Waals surface area contributed by atoms with E-state index in [0.29, 0.717) is 11.0 Å². The van der Waals surface area contributed by atoms with Crippen molar-refractivity contribution in [1.82, 2.24) is 9.97 Å². The molecule has 0 spiro atoms. The minimum absolute atomic E-state index is 0.0537. The number of fused-ring (bicyclic) bond motifs is 1. The zero-order valence-corrected chi connectivity index (χ0v) is 17.3. The number of aromatic amines is 1. The Morgan fingerprint density at radius 2 is 2.00 bits per heavy atom. The molecular weight excluding hydrogens is 434 g/mol. The maximum absolute atomic E-state index is 14.8. The van der Waals surface area contributed by atoms with Crippen molar-refractivity contribution in [2.24, 2.45) is 0 Å². The number of halogens is 2. The number of anilines is 2. The Labute approximate surface area is 175 Å². The smallest absolute Gasteiger partial charge is 0.340 e. The summed E-state index contributed by atoms with van der Waals surface area (Å²) in [5, 5.41) is 2.62. The molecule has 2 heterocycles. The Hall–Kier alpha value is -3.54. The molecule has 9 nitrogen and oxygen atoms in total. The molecule has 31 heavy (non-hydrogen) atoms. The number of amides is 1. The Balaban J connectivity index is 1.93. The van der Waals surface area contributed by atoms with Gasteiger partial charge in [-0.2, -0.15) is 0 Å². The molecule has 0 atom stereocenters. The molecular formula is C19H18F2N4O5S. The van der Waals surface area contributed by atoms with Gasteiger partial charge in [-0.15, -0.1) is 0 Å². The van der Waals surface area contributed by atoms with E-state index in [2.05, 4.69) is 20.0 Å². The molecule has 0 saturated heterocycles. The summed E-state index contributed by atoms with van der Waals surface area (Å²) in [4.78, 5) is 31.2. The van der Waals surface area contributed by atoms with Crippen molar-refractivity contribution in [3.05, 3.63) is 53.4 Å². The number of methoxy groups -OCH3 is 1. The van der Waals surface area contributed by atoms with Gasteiger partial charge in [0, 0.05) is 11.6 Å². The molecule has 0 fully saturated rings. The number of rotatable bonds is 7. The van der Waals surface area contributed by atoms with Gasteiger partial charge in [-0.05, 0) is 24.6 Å². The number of carbonyl (C=O) groups is 2. The number of hydrogen-bond donors (Lipinski definition) is 3. The molecule has 0 saturated carbocycles. The fraction of sp³-hybridized carbons (Fsp3) is 0.211. The summed E-state index contributed by atoms with van der Waals surface area (Å²) in [7, 11) is -2.65. The van der Waals surface area contributed by atoms with Gasteiger partial charge in [0.05, 0.1) is 36.0 Å². The van der Waals surface area contributed by atoms with Crippen molar-refractivity contribution >= 4 is 44.3 Å². The van der Waals surface area contributed by atoms with Crippen LogP contribution >= 0.6 is 0 Å². The maximum Gasteiger partial charge on any atom is 0.340 e. The van der Waals surface area contributed by atoms with Gasteiger partial charge in [0.25, 0.3) is 5.91 Å². The predicted molar refractivity (Wildman–Crippen MR) is 109 cm³/mol. The molecule has 12 heteroatoms. The Morgan fingerprint density at radius 1 is 1.26 bits per heavy atom. The second-order valence-corrected chi connectivity index (χ2v) is 8.31. The van der Waals surface area contributed by atoms with Gasteiger partial charge in [0.2, 0.25) is 10.0 Å². The topological polar surface area (TPSA) is 130 Å². The number of hydrogen-bond acceptors (Lipinski definition) is 6. The zero-order chi connectivity index (χ0) is 22.8. The highest BCUT2D eigenvalue weighted by atomic mass is 32.2. The number of ether oxygens (including phenoxy) is 1. The summed E-state index contributed by atoms with van der Waals surface area (Å²) in [5.41, 5.74) is -0.974. The minimum Gasteiger partial charge on any atom is -0.465 e. The van der Waals surface area contributed by atoms with E-state index < -0.39 is 44.8 Å². The second kappa shape index (κ2) is 8.68. The van der Waals surface area contributed by atoms with E-state index in [4.69, 9.17) is 0 Å². The number of benzene rings is 1. The fourth-order valence-corrected chi connectivity index (χ4v) is 4.00. The minimum atomic E-state index is -3.86. The molecule has 0 aliphatic rings. The van der Waals surface area contributed by atoms with Gasteiger partial charge in [-0.25, -0.2) is 27.0 Å². The highest BCUT2D eigenvalue weighted by Gasteiger charge is 2.23. The summed E-state index contributed by atoms with van der Waals surface area (Å²) < 4.78 is 59.5. The van der Waals surface area contributed by atoms with E-state index in [0.717, 1.165) is 12.1 Å². The SMILES string of the molecule is CCCS(=O)(=O)Nc1ccc(F)c(C(=O)Nc2cnc3[nH]cc(C(=O)OC)c3c2)c1F. The number of esters is 1. The molecule has 1 aromatic carbocycles. The lowest BCUT2D eigenvalue weighted by molar-refractivity contribution is 0.0603. The number of aromatic nitrogens is 2. The Bertz CT molecular complexity index is 1270. The van der Waals surface area contributed by atoms with Crippen LogP contribution in [-0.2, 0) is 14.8 Å². The van der Waals surface area contributed by atoms with Gasteiger partial charge >= 0.3 is 5.97 Å². The van der Waals surface area contributed by atoms with Crippen molar-refractivity contribution in [3.8, 4) is 0 Å². The third-order valence-corrected chi connectivity index (χ3v) is 5.73. The Kier molecular flexibility index (Phi) is 6.20. The predicted octanol–water partition coefficient (Wildman–Crippen LogP) is 3.03. The quantitative estimate of drug-likeness (QED) is 0.473. The van der Waals surface area contributed by atoms with Crippen molar-refractivity contribution in [2.45, 2.75) is 13.3 Å². The van der Waals surface area contributed by atoms with Crippen LogP contribution in [0.2, 0.25) is 0 Å². The van der Waals surface area contributed by atoms with Crippen molar-refractivity contribution in [2.75, 3.05) is 22.9 Å². The van der Waals surface area contributed by atoms with Gasteiger partial charge in [-0.1, -0.05) is 6.92 Å². The normalized spacial score (nSPS) is 11.4. The zero-order valence-electron chi connectivity index (χ0n) is 16.5. The first-order chi connectivity index (χ1) is 14.7. The van der Waals surface area contributed by atoms with Crippen LogP contribution in [-0.4, -0.2) is 43.1 Å². The third kappa shape index (κ3) is 4.63. The van der Waals surface area contributed by atoms with Crippen LogP contribution in [0.1, 0.15) is 34.1 Å². The molecule has 0 radical (unpaired) electrons. The van der Waals surface area contributed by atoms with E-state index in [9.17, 15) is 26.8 Å². The number of nitrogens with zero attached hydrogens (tertiary/aromatic N) is 1. The molecule has 0 aliphatic carbocycles. The maximum atomic E-state index is 14.8. The highest BCUT2D eigenvalue weighted by molar-refractivity contribution is 7.92. The van der Waals surface area contributed by atoms with Crippen LogP contribution < -0.4 is 10.0 Å². The molecule has 3 aromatic rings. The summed E-state index contributed by atoms with van der Waals surface area (Å²) in [5.74, 6) is -4.61. The first-order valence-corrected chi connectivity index (χ1v) is 10.7. The lowest BCUT2D eigenvalue weighted by atomic mass is 10.1.